The Morgan fingerprint density at radius 2 is 1.87 bits per heavy atom. The number of halogens is 2. The smallest absolute Gasteiger partial charge is 0.127 e. The monoisotopic (exact) mass is 493 g/mol. The highest BCUT2D eigenvalue weighted by atomic mass is 79.9. The minimum absolute atomic E-state index is 0.307. The van der Waals surface area contributed by atoms with Gasteiger partial charge in [-0.3, -0.25) is 0 Å². The largest absolute Gasteiger partial charge is 0.384 e. The highest BCUT2D eigenvalue weighted by Gasteiger charge is 2.25. The number of rotatable bonds is 5. The molecule has 1 aliphatic carbocycles. The number of aromatic nitrogens is 2. The van der Waals surface area contributed by atoms with Crippen molar-refractivity contribution < 1.29 is 4.74 Å². The molecule has 0 atom stereocenters. The molecule has 6 nitrogen and oxygen atoms in total. The molecule has 2 fully saturated rings. The van der Waals surface area contributed by atoms with E-state index in [1.807, 2.05) is 0 Å². The Bertz CT molecular complexity index is 882. The quantitative estimate of drug-likeness (QED) is 0.543. The molecule has 0 bridgehead atoms. The number of anilines is 2. The average Bonchev–Trinajstić information content (AvgIpc) is 2.76. The van der Waals surface area contributed by atoms with E-state index in [-0.39, 0.29) is 0 Å². The van der Waals surface area contributed by atoms with Crippen LogP contribution in [-0.4, -0.2) is 35.8 Å². The van der Waals surface area contributed by atoms with Crippen LogP contribution in [0.4, 0.5) is 11.6 Å². The van der Waals surface area contributed by atoms with E-state index >= 15 is 0 Å². The molecule has 2 aliphatic rings. The maximum absolute atomic E-state index is 6.48. The van der Waals surface area contributed by atoms with Crippen LogP contribution in [0.3, 0.4) is 0 Å². The lowest BCUT2D eigenvalue weighted by Gasteiger charge is -2.28. The van der Waals surface area contributed by atoms with Crippen LogP contribution in [-0.2, 0) is 4.74 Å². The molecular weight excluding hydrogens is 466 g/mol. The molecule has 5 N–H and O–H groups in total. The first-order chi connectivity index (χ1) is 14.5. The topological polar surface area (TPSA) is 99.1 Å². The Kier molecular flexibility index (Phi) is 7.13. The van der Waals surface area contributed by atoms with Gasteiger partial charge in [-0.15, -0.1) is 0 Å². The van der Waals surface area contributed by atoms with Crippen LogP contribution in [0.2, 0.25) is 5.02 Å². The fourth-order valence-corrected chi connectivity index (χ4v) is 5.31. The molecule has 0 unspecified atom stereocenters. The average molecular weight is 495 g/mol. The van der Waals surface area contributed by atoms with E-state index in [1.54, 1.807) is 12.3 Å². The fourth-order valence-electron chi connectivity index (χ4n) is 4.38. The van der Waals surface area contributed by atoms with E-state index in [9.17, 15) is 0 Å². The Morgan fingerprint density at radius 1 is 1.13 bits per heavy atom. The van der Waals surface area contributed by atoms with Crippen LogP contribution in [0.25, 0.3) is 11.3 Å². The number of hydrogen-bond acceptors (Lipinski definition) is 6. The molecule has 1 aliphatic heterocycles. The first-order valence-electron chi connectivity index (χ1n) is 10.7. The molecule has 3 heterocycles. The minimum Gasteiger partial charge on any atom is -0.384 e. The molecule has 1 saturated heterocycles. The van der Waals surface area contributed by atoms with Crippen LogP contribution in [0.15, 0.2) is 22.8 Å². The predicted molar refractivity (Wildman–Crippen MR) is 126 cm³/mol. The van der Waals surface area contributed by atoms with E-state index in [0.717, 1.165) is 79.8 Å². The van der Waals surface area contributed by atoms with Crippen molar-refractivity contribution in [3.8, 4) is 11.3 Å². The molecule has 0 radical (unpaired) electrons. The van der Waals surface area contributed by atoms with Gasteiger partial charge in [0.15, 0.2) is 0 Å². The van der Waals surface area contributed by atoms with Crippen molar-refractivity contribution in [1.29, 1.82) is 0 Å². The third-order valence-electron chi connectivity index (χ3n) is 6.24. The Labute approximate surface area is 191 Å². The standard InChI is InChI=1S/C22H29BrClN5O/c23-21-16(14-1-3-15(25)4-2-14)10-20(28-11-13-5-7-30-8-6-13)29-22(21)17-9-19(26)27-12-18(17)24/h9-10,12-15H,1-8,11,25H2,(H2,26,27)(H,28,29)/t14-,15-. The van der Waals surface area contributed by atoms with Crippen molar-refractivity contribution in [3.63, 3.8) is 0 Å². The first-order valence-corrected chi connectivity index (χ1v) is 11.9. The maximum Gasteiger partial charge on any atom is 0.127 e. The lowest BCUT2D eigenvalue weighted by atomic mass is 9.82. The SMILES string of the molecule is Nc1cc(-c2nc(NCC3CCOCC3)cc([C@H]3CC[C@H](N)CC3)c2Br)c(Cl)cn1. The van der Waals surface area contributed by atoms with Crippen LogP contribution < -0.4 is 16.8 Å². The molecule has 30 heavy (non-hydrogen) atoms. The van der Waals surface area contributed by atoms with E-state index in [0.29, 0.717) is 28.7 Å². The van der Waals surface area contributed by atoms with Crippen molar-refractivity contribution in [2.45, 2.75) is 50.5 Å². The number of ether oxygens (including phenoxy) is 1. The van der Waals surface area contributed by atoms with Crippen LogP contribution in [0, 0.1) is 5.92 Å². The number of nitrogen functional groups attached to an aromatic ring is 1. The molecule has 1 saturated carbocycles. The van der Waals surface area contributed by atoms with Gasteiger partial charge in [-0.2, -0.15) is 0 Å². The van der Waals surface area contributed by atoms with Crippen molar-refractivity contribution in [2.24, 2.45) is 11.7 Å². The van der Waals surface area contributed by atoms with Gasteiger partial charge in [-0.1, -0.05) is 11.6 Å². The summed E-state index contributed by atoms with van der Waals surface area (Å²) in [6.07, 6.45) is 7.99. The Hall–Kier alpha value is -1.41. The van der Waals surface area contributed by atoms with Gasteiger partial charge in [-0.05, 0) is 84.0 Å². The van der Waals surface area contributed by atoms with Gasteiger partial charge in [0, 0.05) is 42.0 Å². The summed E-state index contributed by atoms with van der Waals surface area (Å²) in [6, 6.07) is 4.28. The number of nitrogens with one attached hydrogen (secondary N) is 1. The van der Waals surface area contributed by atoms with Gasteiger partial charge in [0.25, 0.3) is 0 Å². The molecule has 0 spiro atoms. The van der Waals surface area contributed by atoms with Crippen molar-refractivity contribution in [2.75, 3.05) is 30.8 Å². The molecule has 0 amide bonds. The summed E-state index contributed by atoms with van der Waals surface area (Å²) >= 11 is 10.3. The summed E-state index contributed by atoms with van der Waals surface area (Å²) < 4.78 is 6.46. The molecule has 8 heteroatoms. The zero-order chi connectivity index (χ0) is 21.1. The van der Waals surface area contributed by atoms with Crippen LogP contribution in [0.5, 0.6) is 0 Å². The van der Waals surface area contributed by atoms with Gasteiger partial charge in [0.2, 0.25) is 0 Å². The van der Waals surface area contributed by atoms with Gasteiger partial charge >= 0.3 is 0 Å². The third-order valence-corrected chi connectivity index (χ3v) is 7.38. The second kappa shape index (κ2) is 9.81. The molecule has 162 valence electrons. The summed E-state index contributed by atoms with van der Waals surface area (Å²) in [6.45, 7) is 2.56. The predicted octanol–water partition coefficient (Wildman–Crippen LogP) is 4.97. The molecule has 0 aromatic carbocycles. The van der Waals surface area contributed by atoms with E-state index < -0.39 is 0 Å². The van der Waals surface area contributed by atoms with Gasteiger partial charge in [0.05, 0.1) is 10.7 Å². The Morgan fingerprint density at radius 3 is 2.60 bits per heavy atom. The number of hydrogen-bond donors (Lipinski definition) is 3. The highest BCUT2D eigenvalue weighted by Crippen LogP contribution is 2.42. The minimum atomic E-state index is 0.307. The molecule has 2 aromatic rings. The number of nitrogens with two attached hydrogens (primary N) is 2. The summed E-state index contributed by atoms with van der Waals surface area (Å²) in [4.78, 5) is 9.01. The summed E-state index contributed by atoms with van der Waals surface area (Å²) in [5.41, 5.74) is 14.9. The summed E-state index contributed by atoms with van der Waals surface area (Å²) in [5.74, 6) is 2.34. The van der Waals surface area contributed by atoms with Crippen molar-refractivity contribution >= 4 is 39.2 Å². The first kappa shape index (κ1) is 21.8. The van der Waals surface area contributed by atoms with Crippen LogP contribution in [0.1, 0.15) is 50.0 Å². The normalized spacial score (nSPS) is 22.8. The highest BCUT2D eigenvalue weighted by molar-refractivity contribution is 9.10. The van der Waals surface area contributed by atoms with Gasteiger partial charge in [0.1, 0.15) is 11.6 Å². The lowest BCUT2D eigenvalue weighted by Crippen LogP contribution is -2.26. The molecular formula is C22H29BrClN5O. The van der Waals surface area contributed by atoms with Gasteiger partial charge < -0.3 is 21.5 Å². The Balaban J connectivity index is 1.68. The number of pyridine rings is 2. The molecule has 4 rings (SSSR count). The van der Waals surface area contributed by atoms with Gasteiger partial charge in [-0.25, -0.2) is 9.97 Å². The maximum atomic E-state index is 6.48. The van der Waals surface area contributed by atoms with Crippen molar-refractivity contribution in [1.82, 2.24) is 9.97 Å². The zero-order valence-electron chi connectivity index (χ0n) is 17.0. The van der Waals surface area contributed by atoms with E-state index in [1.165, 1.54) is 5.56 Å². The van der Waals surface area contributed by atoms with Crippen molar-refractivity contribution in [3.05, 3.63) is 33.4 Å². The van der Waals surface area contributed by atoms with E-state index in [2.05, 4.69) is 32.3 Å². The fraction of sp³-hybridized carbons (Fsp3) is 0.545. The second-order valence-electron chi connectivity index (χ2n) is 8.40. The summed E-state index contributed by atoms with van der Waals surface area (Å²) in [5, 5.41) is 4.11. The van der Waals surface area contributed by atoms with E-state index in [4.69, 9.17) is 32.8 Å². The summed E-state index contributed by atoms with van der Waals surface area (Å²) in [7, 11) is 0. The third kappa shape index (κ3) is 5.07. The van der Waals surface area contributed by atoms with Crippen LogP contribution >= 0.6 is 27.5 Å². The number of nitrogens with zero attached hydrogens (tertiary/aromatic N) is 2. The zero-order valence-corrected chi connectivity index (χ0v) is 19.4. The molecule has 2 aromatic heterocycles. The second-order valence-corrected chi connectivity index (χ2v) is 9.60. The lowest BCUT2D eigenvalue weighted by molar-refractivity contribution is 0.0699.